The first-order chi connectivity index (χ1) is 6.35. The molecule has 0 bridgehead atoms. The molecule has 72 valence electrons. The van der Waals surface area contributed by atoms with Gasteiger partial charge in [-0.1, -0.05) is 30.7 Å². The van der Waals surface area contributed by atoms with Crippen molar-refractivity contribution >= 4 is 0 Å². The van der Waals surface area contributed by atoms with E-state index in [9.17, 15) is 0 Å². The van der Waals surface area contributed by atoms with Crippen molar-refractivity contribution in [1.82, 2.24) is 0 Å². The highest BCUT2D eigenvalue weighted by Gasteiger charge is 1.92. The summed E-state index contributed by atoms with van der Waals surface area (Å²) in [5.41, 5.74) is 1.33. The van der Waals surface area contributed by atoms with Crippen LogP contribution in [-0.2, 0) is 4.74 Å². The lowest BCUT2D eigenvalue weighted by molar-refractivity contribution is 0.265. The first kappa shape index (κ1) is 11.8. The van der Waals surface area contributed by atoms with E-state index in [0.717, 1.165) is 19.3 Å². The molecule has 0 atom stereocenters. The molecule has 0 fully saturated rings. The van der Waals surface area contributed by atoms with E-state index in [0.29, 0.717) is 6.61 Å². The van der Waals surface area contributed by atoms with Crippen LogP contribution in [0.15, 0.2) is 23.8 Å². The lowest BCUT2D eigenvalue weighted by atomic mass is 10.1. The second-order valence-corrected chi connectivity index (χ2v) is 2.73. The Kier molecular flexibility index (Phi) is 8.02. The average Bonchev–Trinajstić information content (AvgIpc) is 2.13. The maximum Gasteiger partial charge on any atom is 0.286 e. The predicted octanol–water partition coefficient (Wildman–Crippen LogP) is 3.18. The normalized spacial score (nSPS) is 11.6. The SMILES string of the molecule is C/C=C\C(=C/CC)CCCOC#N. The molecule has 0 saturated carbocycles. The zero-order valence-electron chi connectivity index (χ0n) is 8.42. The second kappa shape index (κ2) is 8.86. The molecule has 0 rings (SSSR count). The van der Waals surface area contributed by atoms with E-state index in [2.05, 4.69) is 23.8 Å². The van der Waals surface area contributed by atoms with Crippen LogP contribution in [0.5, 0.6) is 0 Å². The Morgan fingerprint density at radius 1 is 1.54 bits per heavy atom. The van der Waals surface area contributed by atoms with E-state index in [1.807, 2.05) is 13.0 Å². The van der Waals surface area contributed by atoms with Crippen molar-refractivity contribution in [2.75, 3.05) is 6.61 Å². The van der Waals surface area contributed by atoms with Gasteiger partial charge in [0.05, 0.1) is 0 Å². The van der Waals surface area contributed by atoms with Crippen LogP contribution in [0.25, 0.3) is 0 Å². The van der Waals surface area contributed by atoms with Crippen molar-refractivity contribution in [2.45, 2.75) is 33.1 Å². The molecular formula is C11H17NO. The van der Waals surface area contributed by atoms with Gasteiger partial charge in [-0.25, -0.2) is 0 Å². The fourth-order valence-electron chi connectivity index (χ4n) is 1.12. The first-order valence-corrected chi connectivity index (χ1v) is 4.67. The molecule has 0 spiro atoms. The van der Waals surface area contributed by atoms with Crippen LogP contribution in [0.2, 0.25) is 0 Å². The van der Waals surface area contributed by atoms with Gasteiger partial charge < -0.3 is 4.74 Å². The summed E-state index contributed by atoms with van der Waals surface area (Å²) < 4.78 is 4.59. The van der Waals surface area contributed by atoms with E-state index < -0.39 is 0 Å². The maximum absolute atomic E-state index is 8.14. The number of hydrogen-bond donors (Lipinski definition) is 0. The molecule has 0 N–H and O–H groups in total. The molecule has 0 radical (unpaired) electrons. The number of rotatable bonds is 6. The van der Waals surface area contributed by atoms with Crippen molar-refractivity contribution in [3.63, 3.8) is 0 Å². The number of ether oxygens (including phenoxy) is 1. The Morgan fingerprint density at radius 2 is 2.31 bits per heavy atom. The number of nitrogens with zero attached hydrogens (tertiary/aromatic N) is 1. The lowest BCUT2D eigenvalue weighted by Crippen LogP contribution is -1.89. The Hall–Kier alpha value is -1.23. The van der Waals surface area contributed by atoms with Crippen molar-refractivity contribution in [3.8, 4) is 6.26 Å². The van der Waals surface area contributed by atoms with Crippen LogP contribution in [0.1, 0.15) is 33.1 Å². The van der Waals surface area contributed by atoms with E-state index >= 15 is 0 Å². The molecule has 2 heteroatoms. The van der Waals surface area contributed by atoms with E-state index in [1.54, 1.807) is 6.26 Å². The van der Waals surface area contributed by atoms with Gasteiger partial charge in [-0.05, 0) is 26.2 Å². The van der Waals surface area contributed by atoms with Gasteiger partial charge in [0.15, 0.2) is 0 Å². The van der Waals surface area contributed by atoms with Crippen LogP contribution in [-0.4, -0.2) is 6.61 Å². The molecule has 0 amide bonds. The summed E-state index contributed by atoms with van der Waals surface area (Å²) in [6, 6.07) is 0. The number of nitriles is 1. The third kappa shape index (κ3) is 7.14. The molecule has 0 aliphatic heterocycles. The largest absolute Gasteiger partial charge is 0.428 e. The molecule has 0 unspecified atom stereocenters. The van der Waals surface area contributed by atoms with Crippen LogP contribution in [0, 0.1) is 11.5 Å². The summed E-state index contributed by atoms with van der Waals surface area (Å²) in [5.74, 6) is 0. The molecule has 2 nitrogen and oxygen atoms in total. The van der Waals surface area contributed by atoms with Crippen molar-refractivity contribution in [1.29, 1.82) is 5.26 Å². The number of hydrogen-bond acceptors (Lipinski definition) is 2. The first-order valence-electron chi connectivity index (χ1n) is 4.67. The number of allylic oxidation sites excluding steroid dienone is 4. The minimum Gasteiger partial charge on any atom is -0.428 e. The zero-order chi connectivity index (χ0) is 9.94. The Morgan fingerprint density at radius 3 is 2.85 bits per heavy atom. The summed E-state index contributed by atoms with van der Waals surface area (Å²) in [5, 5.41) is 8.14. The summed E-state index contributed by atoms with van der Waals surface area (Å²) in [4.78, 5) is 0. The third-order valence-electron chi connectivity index (χ3n) is 1.62. The minimum atomic E-state index is 0.523. The van der Waals surface area contributed by atoms with Gasteiger partial charge in [0, 0.05) is 0 Å². The minimum absolute atomic E-state index is 0.523. The molecule has 0 aliphatic rings. The maximum atomic E-state index is 8.14. The highest BCUT2D eigenvalue weighted by Crippen LogP contribution is 2.08. The van der Waals surface area contributed by atoms with Crippen molar-refractivity contribution < 1.29 is 4.74 Å². The van der Waals surface area contributed by atoms with Gasteiger partial charge in [-0.15, -0.1) is 0 Å². The highest BCUT2D eigenvalue weighted by atomic mass is 16.5. The standard InChI is InChI=1S/C11H17NO/c1-3-6-11(7-4-2)8-5-9-13-10-12/h3,6-7H,4-5,8-9H2,1-2H3/b6-3-,11-7+. The molecule has 0 heterocycles. The van der Waals surface area contributed by atoms with Crippen LogP contribution < -0.4 is 0 Å². The van der Waals surface area contributed by atoms with Crippen LogP contribution in [0.3, 0.4) is 0 Å². The van der Waals surface area contributed by atoms with Gasteiger partial charge in [0.2, 0.25) is 0 Å². The average molecular weight is 179 g/mol. The van der Waals surface area contributed by atoms with E-state index in [4.69, 9.17) is 5.26 Å². The molecular weight excluding hydrogens is 162 g/mol. The van der Waals surface area contributed by atoms with Gasteiger partial charge in [0.1, 0.15) is 6.61 Å². The second-order valence-electron chi connectivity index (χ2n) is 2.73. The van der Waals surface area contributed by atoms with E-state index in [1.165, 1.54) is 5.57 Å². The van der Waals surface area contributed by atoms with Crippen LogP contribution >= 0.6 is 0 Å². The lowest BCUT2D eigenvalue weighted by Gasteiger charge is -2.00. The Balaban J connectivity index is 3.71. The molecule has 13 heavy (non-hydrogen) atoms. The Bertz CT molecular complexity index is 211. The van der Waals surface area contributed by atoms with Crippen molar-refractivity contribution in [3.05, 3.63) is 23.8 Å². The molecule has 0 aromatic carbocycles. The molecule has 0 aromatic rings. The van der Waals surface area contributed by atoms with Gasteiger partial charge in [-0.2, -0.15) is 5.26 Å². The topological polar surface area (TPSA) is 33.0 Å². The highest BCUT2D eigenvalue weighted by molar-refractivity contribution is 5.17. The fourth-order valence-corrected chi connectivity index (χ4v) is 1.12. The van der Waals surface area contributed by atoms with Gasteiger partial charge in [0.25, 0.3) is 6.26 Å². The summed E-state index contributed by atoms with van der Waals surface area (Å²) >= 11 is 0. The Labute approximate surface area is 80.5 Å². The van der Waals surface area contributed by atoms with Crippen LogP contribution in [0.4, 0.5) is 0 Å². The summed E-state index contributed by atoms with van der Waals surface area (Å²) in [6.45, 7) is 4.65. The van der Waals surface area contributed by atoms with Gasteiger partial charge in [-0.3, -0.25) is 0 Å². The summed E-state index contributed by atoms with van der Waals surface area (Å²) in [6.07, 6.45) is 11.0. The summed E-state index contributed by atoms with van der Waals surface area (Å²) in [7, 11) is 0. The van der Waals surface area contributed by atoms with E-state index in [-0.39, 0.29) is 0 Å². The predicted molar refractivity (Wildman–Crippen MR) is 54.0 cm³/mol. The zero-order valence-corrected chi connectivity index (χ0v) is 8.42. The molecule has 0 saturated heterocycles. The van der Waals surface area contributed by atoms with Gasteiger partial charge >= 0.3 is 0 Å². The third-order valence-corrected chi connectivity index (χ3v) is 1.62. The molecule has 0 aromatic heterocycles. The fraction of sp³-hybridized carbons (Fsp3) is 0.545. The van der Waals surface area contributed by atoms with Crippen molar-refractivity contribution in [2.24, 2.45) is 0 Å². The smallest absolute Gasteiger partial charge is 0.286 e. The molecule has 0 aliphatic carbocycles. The quantitative estimate of drug-likeness (QED) is 0.356. The monoisotopic (exact) mass is 179 g/mol.